The van der Waals surface area contributed by atoms with Crippen molar-refractivity contribution >= 4 is 32.8 Å². The van der Waals surface area contributed by atoms with Gasteiger partial charge in [0.1, 0.15) is 11.6 Å². The molecular formula is C40H50N4O7S. The summed E-state index contributed by atoms with van der Waals surface area (Å²) >= 11 is 0. The number of nitrogens with one attached hydrogen (secondary N) is 2. The predicted molar refractivity (Wildman–Crippen MR) is 199 cm³/mol. The molecule has 1 aromatic heterocycles. The zero-order chi connectivity index (χ0) is 37.2. The Morgan fingerprint density at radius 2 is 1.62 bits per heavy atom. The number of piperidine rings is 1. The number of carbonyl (C=O) groups is 2. The molecular weight excluding hydrogens is 681 g/mol. The molecule has 0 bridgehead atoms. The van der Waals surface area contributed by atoms with E-state index in [1.54, 1.807) is 55.3 Å². The van der Waals surface area contributed by atoms with E-state index in [-0.39, 0.29) is 36.7 Å². The number of aryl methyl sites for hydroxylation is 1. The van der Waals surface area contributed by atoms with Crippen LogP contribution in [0.5, 0.6) is 11.5 Å². The molecule has 4 aromatic rings. The van der Waals surface area contributed by atoms with E-state index >= 15 is 0 Å². The summed E-state index contributed by atoms with van der Waals surface area (Å²) in [5, 5.41) is 3.41. The topological polar surface area (TPSA) is 130 Å². The lowest BCUT2D eigenvalue weighted by atomic mass is 9.96. The summed E-state index contributed by atoms with van der Waals surface area (Å²) in [5.41, 5.74) is 3.51. The Kier molecular flexibility index (Phi) is 11.3. The Balaban J connectivity index is 1.23. The Hall–Kier alpha value is -4.39. The summed E-state index contributed by atoms with van der Waals surface area (Å²) in [5.74, 6) is 0.242. The Morgan fingerprint density at radius 1 is 0.942 bits per heavy atom. The highest BCUT2D eigenvalue weighted by Gasteiger charge is 2.32. The van der Waals surface area contributed by atoms with Crippen molar-refractivity contribution in [2.45, 2.75) is 109 Å². The number of fused-ring (bicyclic) bond motifs is 2. The van der Waals surface area contributed by atoms with Gasteiger partial charge in [-0.3, -0.25) is 14.5 Å². The lowest BCUT2D eigenvalue weighted by Crippen LogP contribution is -2.50. The Bertz CT molecular complexity index is 2000. The first-order chi connectivity index (χ1) is 24.8. The average molecular weight is 731 g/mol. The van der Waals surface area contributed by atoms with Gasteiger partial charge in [-0.05, 0) is 82.3 Å². The molecule has 2 aliphatic heterocycles. The summed E-state index contributed by atoms with van der Waals surface area (Å²) in [4.78, 5) is 31.9. The van der Waals surface area contributed by atoms with Gasteiger partial charge in [0.05, 0.1) is 6.04 Å². The number of para-hydroxylation sites is 1. The summed E-state index contributed by atoms with van der Waals surface area (Å²) in [6, 6.07) is 19.4. The monoisotopic (exact) mass is 730 g/mol. The number of likely N-dealkylation sites (N-methyl/N-ethyl adjacent to an activating group) is 1. The number of hydrogen-bond donors (Lipinski definition) is 2. The molecule has 3 aromatic carbocycles. The van der Waals surface area contributed by atoms with Crippen molar-refractivity contribution in [3.8, 4) is 11.5 Å². The predicted octanol–water partition coefficient (Wildman–Crippen LogP) is 6.24. The first-order valence-corrected chi connectivity index (χ1v) is 19.6. The third-order valence-corrected chi connectivity index (χ3v) is 12.0. The first-order valence-electron chi connectivity index (χ1n) is 18.1. The van der Waals surface area contributed by atoms with Crippen LogP contribution in [-0.2, 0) is 32.6 Å². The molecule has 11 nitrogen and oxygen atoms in total. The maximum atomic E-state index is 13.9. The highest BCUT2D eigenvalue weighted by atomic mass is 32.2. The second-order valence-electron chi connectivity index (χ2n) is 14.5. The smallest absolute Gasteiger partial charge is 0.274 e. The number of hydrogen-bond acceptors (Lipinski definition) is 8. The summed E-state index contributed by atoms with van der Waals surface area (Å²) in [6.45, 7) is 11.0. The minimum Gasteiger partial charge on any atom is -0.454 e. The molecule has 2 unspecified atom stereocenters. The molecule has 2 N–H and O–H groups in total. The lowest BCUT2D eigenvalue weighted by Gasteiger charge is -2.39. The van der Waals surface area contributed by atoms with Crippen molar-refractivity contribution < 1.29 is 31.9 Å². The van der Waals surface area contributed by atoms with Gasteiger partial charge in [0.25, 0.3) is 10.0 Å². The summed E-state index contributed by atoms with van der Waals surface area (Å²) in [7, 11) is -2.53. The minimum absolute atomic E-state index is 0.0402. The molecule has 2 amide bonds. The summed E-state index contributed by atoms with van der Waals surface area (Å²) < 4.78 is 47.3. The second-order valence-corrected chi connectivity index (χ2v) is 16.1. The van der Waals surface area contributed by atoms with Crippen LogP contribution >= 0.6 is 0 Å². The molecule has 0 spiro atoms. The van der Waals surface area contributed by atoms with E-state index in [1.165, 1.54) is 24.8 Å². The number of sulfonamides is 1. The highest BCUT2D eigenvalue weighted by Crippen LogP contribution is 2.36. The molecule has 2 aliphatic rings. The number of nitrogens with zero attached hydrogens (tertiary/aromatic N) is 2. The Morgan fingerprint density at radius 3 is 2.31 bits per heavy atom. The van der Waals surface area contributed by atoms with Gasteiger partial charge in [-0.15, -0.1) is 0 Å². The highest BCUT2D eigenvalue weighted by molar-refractivity contribution is 7.89. The normalized spacial score (nSPS) is 18.8. The van der Waals surface area contributed by atoms with Crippen LogP contribution in [0.4, 0.5) is 0 Å². The molecule has 4 atom stereocenters. The maximum absolute atomic E-state index is 13.9. The average Bonchev–Trinajstić information content (AvgIpc) is 3.73. The molecule has 6 rings (SSSR count). The van der Waals surface area contributed by atoms with Crippen LogP contribution in [-0.4, -0.2) is 68.0 Å². The standard InChI is InChI=1S/C40H50N4O7S/c1-25(2)43(6)39(46)34(20-29-14-16-30(17-15-29)23-44-26(3)10-9-11-27(44)4)41-38(45)22-33(31-18-19-36-37(21-31)50-24-49-36)42-52(47,48)40-28(5)32-12-7-8-13-35(32)51-40/h7-8,12-19,21,25-27,33-34,42H,9-11,20,22-24H2,1-6H3,(H,41,45)/t26?,27?,33-,34+/m0/s1. The third-order valence-electron chi connectivity index (χ3n) is 10.5. The number of rotatable bonds is 13. The van der Waals surface area contributed by atoms with Crippen molar-refractivity contribution in [2.75, 3.05) is 13.8 Å². The van der Waals surface area contributed by atoms with Gasteiger partial charge in [0.2, 0.25) is 23.7 Å². The van der Waals surface area contributed by atoms with Crippen LogP contribution in [0.2, 0.25) is 0 Å². The lowest BCUT2D eigenvalue weighted by molar-refractivity contribution is -0.136. The van der Waals surface area contributed by atoms with Crippen molar-refractivity contribution in [1.29, 1.82) is 0 Å². The largest absolute Gasteiger partial charge is 0.454 e. The van der Waals surface area contributed by atoms with Crippen LogP contribution in [0.25, 0.3) is 11.0 Å². The second kappa shape index (κ2) is 15.7. The zero-order valence-electron chi connectivity index (χ0n) is 30.8. The SMILES string of the molecule is Cc1c(S(=O)(=O)N[C@@H](CC(=O)N[C@H](Cc2ccc(CN3C(C)CCCC3C)cc2)C(=O)N(C)C(C)C)c2ccc3c(c2)OCO3)oc2ccccc12. The molecule has 12 heteroatoms. The number of benzene rings is 3. The fraction of sp³-hybridized carbons (Fsp3) is 0.450. The molecule has 1 saturated heterocycles. The van der Waals surface area contributed by atoms with E-state index in [0.29, 0.717) is 45.7 Å². The molecule has 0 aliphatic carbocycles. The fourth-order valence-corrected chi connectivity index (χ4v) is 8.57. The van der Waals surface area contributed by atoms with Gasteiger partial charge in [0, 0.05) is 55.5 Å². The number of ether oxygens (including phenoxy) is 2. The number of carbonyl (C=O) groups excluding carboxylic acids is 2. The third kappa shape index (κ3) is 8.29. The van der Waals surface area contributed by atoms with Crippen LogP contribution in [0.1, 0.15) is 81.7 Å². The molecule has 0 radical (unpaired) electrons. The Labute approximate surface area is 306 Å². The van der Waals surface area contributed by atoms with Crippen molar-refractivity contribution in [2.24, 2.45) is 0 Å². The summed E-state index contributed by atoms with van der Waals surface area (Å²) in [6.07, 6.45) is 3.64. The van der Waals surface area contributed by atoms with Gasteiger partial charge >= 0.3 is 0 Å². The van der Waals surface area contributed by atoms with Crippen LogP contribution in [0, 0.1) is 6.92 Å². The van der Waals surface area contributed by atoms with Gasteiger partial charge < -0.3 is 24.1 Å². The van der Waals surface area contributed by atoms with Crippen molar-refractivity contribution in [1.82, 2.24) is 19.8 Å². The number of likely N-dealkylation sites (tertiary alicyclic amines) is 1. The van der Waals surface area contributed by atoms with Gasteiger partial charge in [-0.1, -0.05) is 55.0 Å². The maximum Gasteiger partial charge on any atom is 0.274 e. The van der Waals surface area contributed by atoms with Crippen molar-refractivity contribution in [3.05, 3.63) is 89.0 Å². The number of furan rings is 1. The van der Waals surface area contributed by atoms with E-state index < -0.39 is 28.0 Å². The van der Waals surface area contributed by atoms with E-state index in [2.05, 4.69) is 40.9 Å². The van der Waals surface area contributed by atoms with E-state index in [1.807, 2.05) is 32.0 Å². The molecule has 52 heavy (non-hydrogen) atoms. The molecule has 0 saturated carbocycles. The van der Waals surface area contributed by atoms with Crippen LogP contribution in [0.3, 0.4) is 0 Å². The minimum atomic E-state index is -4.25. The first kappa shape index (κ1) is 37.4. The quantitative estimate of drug-likeness (QED) is 0.166. The van der Waals surface area contributed by atoms with Crippen LogP contribution < -0.4 is 19.5 Å². The van der Waals surface area contributed by atoms with E-state index in [4.69, 9.17) is 13.9 Å². The molecule has 1 fully saturated rings. The molecule has 278 valence electrons. The van der Waals surface area contributed by atoms with Crippen molar-refractivity contribution in [3.63, 3.8) is 0 Å². The fourth-order valence-electron chi connectivity index (χ4n) is 7.16. The molecule has 3 heterocycles. The zero-order valence-corrected chi connectivity index (χ0v) is 31.7. The van der Waals surface area contributed by atoms with Gasteiger partial charge in [0.15, 0.2) is 11.5 Å². The van der Waals surface area contributed by atoms with Gasteiger partial charge in [-0.25, -0.2) is 13.1 Å². The van der Waals surface area contributed by atoms with Gasteiger partial charge in [-0.2, -0.15) is 0 Å². The van der Waals surface area contributed by atoms with E-state index in [0.717, 1.165) is 12.1 Å². The van der Waals surface area contributed by atoms with E-state index in [9.17, 15) is 18.0 Å². The number of amides is 2. The van der Waals surface area contributed by atoms with Crippen LogP contribution in [0.15, 0.2) is 76.2 Å².